The van der Waals surface area contributed by atoms with Crippen LogP contribution in [0.3, 0.4) is 0 Å². The van der Waals surface area contributed by atoms with E-state index in [0.29, 0.717) is 17.5 Å². The van der Waals surface area contributed by atoms with E-state index in [-0.39, 0.29) is 0 Å². The minimum absolute atomic E-state index is 0.629. The van der Waals surface area contributed by atoms with Crippen LogP contribution in [0.15, 0.2) is 186 Å². The number of hydrogen-bond donors (Lipinski definition) is 0. The van der Waals surface area contributed by atoms with Crippen molar-refractivity contribution >= 4 is 65.3 Å². The molecule has 0 N–H and O–H groups in total. The smallest absolute Gasteiger partial charge is 0.164 e. The second kappa shape index (κ2) is 11.8. The maximum absolute atomic E-state index is 6.89. The van der Waals surface area contributed by atoms with Gasteiger partial charge >= 0.3 is 0 Å². The number of hydrogen-bond acceptors (Lipinski definition) is 4. The largest absolute Gasteiger partial charge is 0.455 e. The molecule has 0 saturated carbocycles. The Balaban J connectivity index is 1.17. The summed E-state index contributed by atoms with van der Waals surface area (Å²) in [5.74, 6) is 1.91. The number of para-hydroxylation sites is 1. The van der Waals surface area contributed by atoms with Crippen molar-refractivity contribution in [1.29, 1.82) is 0 Å². The lowest BCUT2D eigenvalue weighted by Crippen LogP contribution is -2.02. The predicted octanol–water partition coefficient (Wildman–Crippen LogP) is 13.8. The van der Waals surface area contributed by atoms with Crippen molar-refractivity contribution in [3.8, 4) is 62.1 Å². The molecule has 0 unspecified atom stereocenters. The summed E-state index contributed by atoms with van der Waals surface area (Å²) in [6, 6.07) is 64.1. The normalized spacial score (nSPS) is 12.1. The molecule has 0 amide bonds. The highest BCUT2D eigenvalue weighted by Gasteiger charge is 2.29. The lowest BCUT2D eigenvalue weighted by molar-refractivity contribution is 0.673. The van der Waals surface area contributed by atoms with Crippen LogP contribution in [0.1, 0.15) is 0 Å². The first-order chi connectivity index (χ1) is 28.8. The molecular formula is C53H30N4O. The van der Waals surface area contributed by atoms with Gasteiger partial charge in [0.05, 0.1) is 22.1 Å². The van der Waals surface area contributed by atoms with Gasteiger partial charge in [-0.15, -0.1) is 0 Å². The number of aromatic nitrogens is 4. The summed E-state index contributed by atoms with van der Waals surface area (Å²) in [6.07, 6.45) is 0. The maximum Gasteiger partial charge on any atom is 0.164 e. The van der Waals surface area contributed by atoms with Crippen LogP contribution in [0, 0.1) is 0 Å². The summed E-state index contributed by atoms with van der Waals surface area (Å²) < 4.78 is 9.38. The van der Waals surface area contributed by atoms with Gasteiger partial charge in [0.2, 0.25) is 0 Å². The molecule has 0 atom stereocenters. The van der Waals surface area contributed by atoms with E-state index < -0.39 is 0 Å². The fourth-order valence-electron chi connectivity index (χ4n) is 9.56. The van der Waals surface area contributed by atoms with Crippen LogP contribution in [-0.4, -0.2) is 19.5 Å². The number of benzene rings is 9. The highest BCUT2D eigenvalue weighted by Crippen LogP contribution is 2.54. The van der Waals surface area contributed by atoms with E-state index in [4.69, 9.17) is 19.4 Å². The minimum Gasteiger partial charge on any atom is -0.455 e. The van der Waals surface area contributed by atoms with Gasteiger partial charge < -0.3 is 8.98 Å². The lowest BCUT2D eigenvalue weighted by atomic mass is 9.92. The zero-order valence-corrected chi connectivity index (χ0v) is 31.0. The van der Waals surface area contributed by atoms with E-state index >= 15 is 0 Å². The molecule has 0 radical (unpaired) electrons. The van der Waals surface area contributed by atoms with Crippen LogP contribution >= 0.6 is 0 Å². The third kappa shape index (κ3) is 4.27. The summed E-state index contributed by atoms with van der Waals surface area (Å²) >= 11 is 0. The first-order valence-corrected chi connectivity index (χ1v) is 19.6. The Morgan fingerprint density at radius 3 is 1.62 bits per heavy atom. The average molecular weight is 739 g/mol. The first kappa shape index (κ1) is 31.3. The maximum atomic E-state index is 6.89. The van der Waals surface area contributed by atoms with Crippen molar-refractivity contribution in [3.05, 3.63) is 182 Å². The minimum atomic E-state index is 0.629. The standard InChI is InChI=1S/C53H30N4O/c1-3-15-31(16-4-1)51-54-52(32-17-5-2-6-18-32)56-53(55-51)39-29-30-42(36-22-10-9-21-35(36)39)57-43-27-14-25-38-34-20-8-7-19-33(34)37-24-13-26-41-45(37)48(46(38)43)49(57)47-40-23-11-12-28-44(40)58-50(41)47/h1-30H. The van der Waals surface area contributed by atoms with Crippen LogP contribution in [0.4, 0.5) is 0 Å². The molecule has 13 rings (SSSR count). The first-order valence-electron chi connectivity index (χ1n) is 19.6. The van der Waals surface area contributed by atoms with E-state index in [1.807, 2.05) is 60.7 Å². The van der Waals surface area contributed by atoms with Crippen molar-refractivity contribution < 1.29 is 4.42 Å². The van der Waals surface area contributed by atoms with E-state index in [2.05, 4.69) is 126 Å². The zero-order valence-electron chi connectivity index (χ0n) is 31.0. The van der Waals surface area contributed by atoms with Crippen molar-refractivity contribution in [3.63, 3.8) is 0 Å². The van der Waals surface area contributed by atoms with Crippen LogP contribution in [0.5, 0.6) is 0 Å². The van der Waals surface area contributed by atoms with E-state index in [1.165, 1.54) is 38.4 Å². The lowest BCUT2D eigenvalue weighted by Gasteiger charge is -2.17. The molecular weight excluding hydrogens is 709 g/mol. The highest BCUT2D eigenvalue weighted by atomic mass is 16.3. The Morgan fingerprint density at radius 2 is 0.897 bits per heavy atom. The third-order valence-corrected chi connectivity index (χ3v) is 12.0. The van der Waals surface area contributed by atoms with Crippen molar-refractivity contribution in [2.45, 2.75) is 0 Å². The molecule has 0 saturated heterocycles. The van der Waals surface area contributed by atoms with Gasteiger partial charge in [-0.2, -0.15) is 0 Å². The quantitative estimate of drug-likeness (QED) is 0.180. The number of rotatable bonds is 4. The molecule has 5 heteroatoms. The molecule has 3 aromatic heterocycles. The van der Waals surface area contributed by atoms with Gasteiger partial charge in [0, 0.05) is 49.0 Å². The molecule has 0 aliphatic heterocycles. The molecule has 1 aliphatic rings. The van der Waals surface area contributed by atoms with Gasteiger partial charge in [0.25, 0.3) is 0 Å². The number of fused-ring (bicyclic) bond motifs is 9. The average Bonchev–Trinajstić information content (AvgIpc) is 3.82. The second-order valence-corrected chi connectivity index (χ2v) is 15.1. The zero-order chi connectivity index (χ0) is 37.9. The number of nitrogens with zero attached hydrogens (tertiary/aromatic N) is 4. The summed E-state index contributed by atoms with van der Waals surface area (Å²) in [5, 5.41) is 9.22. The second-order valence-electron chi connectivity index (χ2n) is 15.1. The Kier molecular flexibility index (Phi) is 6.38. The van der Waals surface area contributed by atoms with Crippen molar-refractivity contribution in [2.75, 3.05) is 0 Å². The monoisotopic (exact) mass is 738 g/mol. The van der Waals surface area contributed by atoms with Crippen LogP contribution in [0.2, 0.25) is 0 Å². The Morgan fingerprint density at radius 1 is 0.345 bits per heavy atom. The molecule has 58 heavy (non-hydrogen) atoms. The molecule has 0 fully saturated rings. The molecule has 268 valence electrons. The van der Waals surface area contributed by atoms with Crippen molar-refractivity contribution in [1.82, 2.24) is 19.5 Å². The number of furan rings is 1. The van der Waals surface area contributed by atoms with Gasteiger partial charge in [0.1, 0.15) is 11.2 Å². The van der Waals surface area contributed by atoms with Gasteiger partial charge in [-0.3, -0.25) is 0 Å². The Hall–Kier alpha value is -7.89. The topological polar surface area (TPSA) is 56.7 Å². The Bertz CT molecular complexity index is 3620. The van der Waals surface area contributed by atoms with Gasteiger partial charge in [-0.25, -0.2) is 15.0 Å². The van der Waals surface area contributed by atoms with E-state index in [9.17, 15) is 0 Å². The summed E-state index contributed by atoms with van der Waals surface area (Å²) in [4.78, 5) is 15.3. The van der Waals surface area contributed by atoms with Crippen LogP contribution in [-0.2, 0) is 0 Å². The fraction of sp³-hybridized carbons (Fsp3) is 0. The molecule has 9 aromatic carbocycles. The SMILES string of the molecule is c1ccc(-c2nc(-c3ccccc3)nc(-c3ccc(-n4c5cccc6c5c5c7c(cccc7c7oc8ccccc8c7c54)-c4ccccc4-6)c4ccccc34)n2)cc1. The van der Waals surface area contributed by atoms with E-state index in [0.717, 1.165) is 71.5 Å². The van der Waals surface area contributed by atoms with Gasteiger partial charge in [-0.05, 0) is 51.9 Å². The Labute approximate surface area is 332 Å². The molecule has 12 aromatic rings. The van der Waals surface area contributed by atoms with Gasteiger partial charge in [0.15, 0.2) is 17.5 Å². The molecule has 1 aliphatic carbocycles. The predicted molar refractivity (Wildman–Crippen MR) is 237 cm³/mol. The van der Waals surface area contributed by atoms with Crippen molar-refractivity contribution in [2.24, 2.45) is 0 Å². The van der Waals surface area contributed by atoms with E-state index in [1.54, 1.807) is 0 Å². The molecule has 5 nitrogen and oxygen atoms in total. The molecule has 0 bridgehead atoms. The highest BCUT2D eigenvalue weighted by molar-refractivity contribution is 6.40. The van der Waals surface area contributed by atoms with Crippen LogP contribution < -0.4 is 0 Å². The van der Waals surface area contributed by atoms with Gasteiger partial charge in [-0.1, -0.05) is 158 Å². The molecule has 0 spiro atoms. The summed E-state index contributed by atoms with van der Waals surface area (Å²) in [5.41, 5.74) is 12.9. The summed E-state index contributed by atoms with van der Waals surface area (Å²) in [7, 11) is 0. The fourth-order valence-corrected chi connectivity index (χ4v) is 9.56. The summed E-state index contributed by atoms with van der Waals surface area (Å²) in [6.45, 7) is 0. The van der Waals surface area contributed by atoms with Crippen LogP contribution in [0.25, 0.3) is 127 Å². The molecule has 3 heterocycles. The third-order valence-electron chi connectivity index (χ3n) is 12.0.